The summed E-state index contributed by atoms with van der Waals surface area (Å²) in [6.45, 7) is 7.91. The third-order valence-electron chi connectivity index (χ3n) is 2.37. The van der Waals surface area contributed by atoms with Crippen LogP contribution < -0.4 is 0 Å². The second-order valence-electron chi connectivity index (χ2n) is 4.30. The summed E-state index contributed by atoms with van der Waals surface area (Å²) in [6.07, 6.45) is 0.0922. The van der Waals surface area contributed by atoms with E-state index in [1.807, 2.05) is 0 Å². The highest BCUT2D eigenvalue weighted by molar-refractivity contribution is 8.18. The topological polar surface area (TPSA) is 78.9 Å². The van der Waals surface area contributed by atoms with Gasteiger partial charge in [0.1, 0.15) is 0 Å². The number of hydrogen-bond acceptors (Lipinski definition) is 8. The maximum absolute atomic E-state index is 11.7. The minimum atomic E-state index is -0.661. The van der Waals surface area contributed by atoms with Crippen molar-refractivity contribution in [3.8, 4) is 0 Å². The Labute approximate surface area is 140 Å². The highest BCUT2D eigenvalue weighted by Crippen LogP contribution is 2.40. The van der Waals surface area contributed by atoms with Gasteiger partial charge in [-0.05, 0) is 27.7 Å². The van der Waals surface area contributed by atoms with Gasteiger partial charge in [-0.25, -0.2) is 0 Å². The van der Waals surface area contributed by atoms with Crippen LogP contribution in [0.4, 0.5) is 0 Å². The van der Waals surface area contributed by atoms with Crippen LogP contribution in [0.5, 0.6) is 0 Å². The van der Waals surface area contributed by atoms with E-state index in [9.17, 15) is 14.4 Å². The second kappa shape index (κ2) is 11.6. The Morgan fingerprint density at radius 3 is 1.50 bits per heavy atom. The van der Waals surface area contributed by atoms with Crippen molar-refractivity contribution in [2.75, 3.05) is 31.3 Å². The quantitative estimate of drug-likeness (QED) is 0.318. The van der Waals surface area contributed by atoms with E-state index in [4.69, 9.17) is 14.2 Å². The van der Waals surface area contributed by atoms with Crippen LogP contribution in [-0.4, -0.2) is 53.3 Å². The van der Waals surface area contributed by atoms with Gasteiger partial charge in [0.15, 0.2) is 0 Å². The Kier molecular flexibility index (Phi) is 11.2. The largest absolute Gasteiger partial charge is 0.466 e. The van der Waals surface area contributed by atoms with Gasteiger partial charge < -0.3 is 14.2 Å². The Morgan fingerprint density at radius 1 is 0.773 bits per heavy atom. The number of thioether (sulfide) groups is 2. The van der Waals surface area contributed by atoms with Gasteiger partial charge in [0, 0.05) is 0 Å². The number of carbonyl (C=O) groups excluding carboxylic acids is 3. The zero-order chi connectivity index (χ0) is 17.0. The van der Waals surface area contributed by atoms with Crippen molar-refractivity contribution < 1.29 is 28.6 Å². The number of carbonyl (C=O) groups is 3. The molecule has 0 bridgehead atoms. The Bertz CT molecular complexity index is 350. The van der Waals surface area contributed by atoms with Crippen molar-refractivity contribution in [3.63, 3.8) is 0 Å². The first-order valence-corrected chi connectivity index (χ1v) is 9.08. The molecule has 0 saturated heterocycles. The van der Waals surface area contributed by atoms with E-state index in [-0.39, 0.29) is 35.8 Å². The number of hydrogen-bond donors (Lipinski definition) is 0. The van der Waals surface area contributed by atoms with E-state index in [2.05, 4.69) is 0 Å². The van der Waals surface area contributed by atoms with Gasteiger partial charge in [-0.2, -0.15) is 0 Å². The predicted octanol–water partition coefficient (Wildman–Crippen LogP) is 2.25. The zero-order valence-electron chi connectivity index (χ0n) is 13.5. The van der Waals surface area contributed by atoms with Crippen molar-refractivity contribution in [3.05, 3.63) is 0 Å². The van der Waals surface area contributed by atoms with Gasteiger partial charge in [0.05, 0.1) is 41.8 Å². The van der Waals surface area contributed by atoms with Crippen molar-refractivity contribution in [1.82, 2.24) is 0 Å². The number of esters is 3. The molecule has 6 nitrogen and oxygen atoms in total. The molecule has 0 aromatic carbocycles. The van der Waals surface area contributed by atoms with Gasteiger partial charge in [-0.3, -0.25) is 14.4 Å². The minimum absolute atomic E-state index is 0.0922. The van der Waals surface area contributed by atoms with Gasteiger partial charge in [0.2, 0.25) is 0 Å². The van der Waals surface area contributed by atoms with Crippen molar-refractivity contribution in [1.29, 1.82) is 0 Å². The predicted molar refractivity (Wildman–Crippen MR) is 87.8 cm³/mol. The first kappa shape index (κ1) is 21.1. The summed E-state index contributed by atoms with van der Waals surface area (Å²) in [4.78, 5) is 34.7. The van der Waals surface area contributed by atoms with Crippen LogP contribution in [0, 0.1) is 0 Å². The SMILES string of the molecule is CCOC(=O)CSC(C)(CC(=O)OCC)SCC(=O)OCC. The van der Waals surface area contributed by atoms with Crippen molar-refractivity contribution in [2.45, 2.75) is 38.2 Å². The Morgan fingerprint density at radius 2 is 1.14 bits per heavy atom. The van der Waals surface area contributed by atoms with Crippen LogP contribution in [0.1, 0.15) is 34.1 Å². The van der Waals surface area contributed by atoms with Crippen molar-refractivity contribution in [2.24, 2.45) is 0 Å². The summed E-state index contributed by atoms with van der Waals surface area (Å²) in [5, 5.41) is 0. The summed E-state index contributed by atoms with van der Waals surface area (Å²) in [5.41, 5.74) is 0. The number of ether oxygens (including phenoxy) is 3. The molecule has 0 aromatic heterocycles. The van der Waals surface area contributed by atoms with Gasteiger partial charge in [0.25, 0.3) is 0 Å². The monoisotopic (exact) mass is 352 g/mol. The van der Waals surface area contributed by atoms with Crippen molar-refractivity contribution >= 4 is 41.4 Å². The summed E-state index contributed by atoms with van der Waals surface area (Å²) in [7, 11) is 0. The van der Waals surface area contributed by atoms with E-state index >= 15 is 0 Å². The molecule has 22 heavy (non-hydrogen) atoms. The Hall–Kier alpha value is -0.890. The molecular formula is C14H24O6S2. The lowest BCUT2D eigenvalue weighted by Crippen LogP contribution is -2.26. The Balaban J connectivity index is 4.62. The second-order valence-corrected chi connectivity index (χ2v) is 7.52. The molecule has 0 aromatic rings. The van der Waals surface area contributed by atoms with E-state index < -0.39 is 4.08 Å². The summed E-state index contributed by atoms with van der Waals surface area (Å²) >= 11 is 2.53. The van der Waals surface area contributed by atoms with E-state index in [1.54, 1.807) is 27.7 Å². The average molecular weight is 352 g/mol. The molecule has 0 aliphatic rings. The third kappa shape index (κ3) is 9.94. The smallest absolute Gasteiger partial charge is 0.315 e. The first-order valence-electron chi connectivity index (χ1n) is 7.11. The average Bonchev–Trinajstić information content (AvgIpc) is 2.44. The molecule has 0 spiro atoms. The molecule has 0 rings (SSSR count). The molecule has 0 fully saturated rings. The van der Waals surface area contributed by atoms with E-state index in [0.717, 1.165) is 0 Å². The van der Waals surface area contributed by atoms with E-state index in [1.165, 1.54) is 23.5 Å². The van der Waals surface area contributed by atoms with Gasteiger partial charge in [-0.1, -0.05) is 0 Å². The molecule has 0 atom stereocenters. The molecule has 0 N–H and O–H groups in total. The molecule has 128 valence electrons. The fraction of sp³-hybridized carbons (Fsp3) is 0.786. The maximum atomic E-state index is 11.7. The molecular weight excluding hydrogens is 328 g/mol. The summed E-state index contributed by atoms with van der Waals surface area (Å²) in [6, 6.07) is 0. The normalized spacial score (nSPS) is 10.9. The fourth-order valence-corrected chi connectivity index (χ4v) is 3.59. The molecule has 0 unspecified atom stereocenters. The molecule has 0 radical (unpaired) electrons. The van der Waals surface area contributed by atoms with Gasteiger partial charge in [-0.15, -0.1) is 23.5 Å². The lowest BCUT2D eigenvalue weighted by Gasteiger charge is -2.26. The summed E-state index contributed by atoms with van der Waals surface area (Å²) in [5.74, 6) is -0.838. The molecule has 0 heterocycles. The number of rotatable bonds is 11. The molecule has 8 heteroatoms. The van der Waals surface area contributed by atoms with Crippen LogP contribution in [-0.2, 0) is 28.6 Å². The molecule has 0 amide bonds. The van der Waals surface area contributed by atoms with Crippen LogP contribution in [0.2, 0.25) is 0 Å². The lowest BCUT2D eigenvalue weighted by molar-refractivity contribution is -0.143. The standard InChI is InChI=1S/C14H24O6S2/c1-5-18-11(15)8-14(4,21-9-12(16)19-6-2)22-10-13(17)20-7-3/h5-10H2,1-4H3. The highest BCUT2D eigenvalue weighted by Gasteiger charge is 2.31. The molecule has 0 aliphatic heterocycles. The molecule has 0 saturated carbocycles. The highest BCUT2D eigenvalue weighted by atomic mass is 32.2. The van der Waals surface area contributed by atoms with E-state index in [0.29, 0.717) is 19.8 Å². The zero-order valence-corrected chi connectivity index (χ0v) is 15.1. The molecule has 0 aliphatic carbocycles. The maximum Gasteiger partial charge on any atom is 0.315 e. The van der Waals surface area contributed by atoms with Crippen LogP contribution in [0.3, 0.4) is 0 Å². The third-order valence-corrected chi connectivity index (χ3v) is 5.35. The summed E-state index contributed by atoms with van der Waals surface area (Å²) < 4.78 is 14.0. The van der Waals surface area contributed by atoms with Crippen LogP contribution in [0.15, 0.2) is 0 Å². The first-order chi connectivity index (χ1) is 10.4. The minimum Gasteiger partial charge on any atom is -0.466 e. The van der Waals surface area contributed by atoms with Gasteiger partial charge >= 0.3 is 17.9 Å². The fourth-order valence-electron chi connectivity index (χ4n) is 1.45. The van der Waals surface area contributed by atoms with Crippen LogP contribution >= 0.6 is 23.5 Å². The lowest BCUT2D eigenvalue weighted by atomic mass is 10.3. The van der Waals surface area contributed by atoms with Crippen LogP contribution in [0.25, 0.3) is 0 Å².